The molecule has 48 heavy (non-hydrogen) atoms. The van der Waals surface area contributed by atoms with Gasteiger partial charge in [0.25, 0.3) is 0 Å². The van der Waals surface area contributed by atoms with Gasteiger partial charge in [-0.2, -0.15) is 28.2 Å². The number of carboxylic acids is 1. The van der Waals surface area contributed by atoms with Gasteiger partial charge in [-0.1, -0.05) is 24.3 Å². The lowest BCUT2D eigenvalue weighted by molar-refractivity contribution is -0.198. The summed E-state index contributed by atoms with van der Waals surface area (Å²) in [6.07, 6.45) is -2.01. The van der Waals surface area contributed by atoms with Gasteiger partial charge in [0.15, 0.2) is 0 Å². The first-order valence-electron chi connectivity index (χ1n) is 15.6. The van der Waals surface area contributed by atoms with Crippen LogP contribution < -0.4 is 20.7 Å². The summed E-state index contributed by atoms with van der Waals surface area (Å²) < 4.78 is 51.8. The standard InChI is InChI=1S/C34H33F3N8O3/c1-20-8-12-45(43-20)27-16-22(21-5-7-25-23(15-21)3-2-11-39-25)4-6-24(27)30(34(35,36)37)48-29-17-28(41-32(38)42-29)44-13-9-33(10-14-44)18-26(31(46)47)40-19-33/h2-8,11-12,15-17,26,30,40H,9-10,13-14,18-19H2,1H3,(H,46,47)(H2,38,41,42)/t26-,30+/m0/s1. The van der Waals surface area contributed by atoms with Crippen LogP contribution in [-0.2, 0) is 4.79 Å². The third kappa shape index (κ3) is 6.22. The highest BCUT2D eigenvalue weighted by Gasteiger charge is 2.46. The second kappa shape index (κ2) is 12.1. The highest BCUT2D eigenvalue weighted by molar-refractivity contribution is 5.84. The number of anilines is 2. The molecule has 2 aliphatic rings. The monoisotopic (exact) mass is 658 g/mol. The van der Waals surface area contributed by atoms with E-state index in [-0.39, 0.29) is 28.5 Å². The molecule has 2 aliphatic heterocycles. The Morgan fingerprint density at radius 2 is 1.85 bits per heavy atom. The van der Waals surface area contributed by atoms with Crippen molar-refractivity contribution in [2.75, 3.05) is 30.3 Å². The highest BCUT2D eigenvalue weighted by Crippen LogP contribution is 2.43. The van der Waals surface area contributed by atoms with Gasteiger partial charge in [-0.05, 0) is 73.1 Å². The van der Waals surface area contributed by atoms with Gasteiger partial charge in [-0.15, -0.1) is 0 Å². The minimum Gasteiger partial charge on any atom is -0.480 e. The lowest BCUT2D eigenvalue weighted by Gasteiger charge is -2.39. The molecular weight excluding hydrogens is 625 g/mol. The first kappa shape index (κ1) is 31.4. The first-order valence-corrected chi connectivity index (χ1v) is 15.6. The van der Waals surface area contributed by atoms with Gasteiger partial charge < -0.3 is 25.8 Å². The number of aryl methyl sites for hydroxylation is 1. The normalized spacial score (nSPS) is 18.3. The molecular formula is C34H33F3N8O3. The Balaban J connectivity index is 1.20. The van der Waals surface area contributed by atoms with Crippen LogP contribution in [0, 0.1) is 12.3 Å². The maximum absolute atomic E-state index is 14.9. The fraction of sp³-hybridized carbons (Fsp3) is 0.324. The summed E-state index contributed by atoms with van der Waals surface area (Å²) in [6.45, 7) is 3.42. The molecule has 0 radical (unpaired) electrons. The number of hydrogen-bond acceptors (Lipinski definition) is 9. The summed E-state index contributed by atoms with van der Waals surface area (Å²) in [4.78, 5) is 26.1. The lowest BCUT2D eigenvalue weighted by Crippen LogP contribution is -2.41. The van der Waals surface area contributed by atoms with E-state index in [0.29, 0.717) is 56.0 Å². The zero-order chi connectivity index (χ0) is 33.6. The summed E-state index contributed by atoms with van der Waals surface area (Å²) in [5.74, 6) is -1.06. The number of carbonyl (C=O) groups is 1. The Labute approximate surface area is 273 Å². The first-order chi connectivity index (χ1) is 23.0. The average molecular weight is 659 g/mol. The molecule has 5 aromatic rings. The molecule has 2 saturated heterocycles. The Morgan fingerprint density at radius 1 is 1.08 bits per heavy atom. The molecule has 2 atom stereocenters. The molecule has 14 heteroatoms. The number of aliphatic carboxylic acids is 1. The van der Waals surface area contributed by atoms with Crippen LogP contribution in [0.1, 0.15) is 36.6 Å². The molecule has 0 unspecified atom stereocenters. The van der Waals surface area contributed by atoms with Crippen molar-refractivity contribution in [2.24, 2.45) is 5.41 Å². The molecule has 4 N–H and O–H groups in total. The van der Waals surface area contributed by atoms with Gasteiger partial charge in [-0.25, -0.2) is 4.68 Å². The topological polar surface area (TPSA) is 144 Å². The van der Waals surface area contributed by atoms with Gasteiger partial charge in [0.1, 0.15) is 11.9 Å². The van der Waals surface area contributed by atoms with Crippen LogP contribution in [0.5, 0.6) is 5.88 Å². The number of nitrogens with two attached hydrogens (primary N) is 1. The molecule has 2 fully saturated rings. The van der Waals surface area contributed by atoms with Crippen LogP contribution in [0.4, 0.5) is 24.9 Å². The number of nitrogens with one attached hydrogen (secondary N) is 1. The largest absolute Gasteiger partial charge is 0.480 e. The van der Waals surface area contributed by atoms with Gasteiger partial charge >= 0.3 is 12.1 Å². The Bertz CT molecular complexity index is 1990. The predicted octanol–water partition coefficient (Wildman–Crippen LogP) is 5.48. The third-order valence-electron chi connectivity index (χ3n) is 9.27. The number of ether oxygens (including phenoxy) is 1. The summed E-state index contributed by atoms with van der Waals surface area (Å²) in [7, 11) is 0. The van der Waals surface area contributed by atoms with E-state index in [1.807, 2.05) is 35.2 Å². The quantitative estimate of drug-likeness (QED) is 0.206. The number of aromatic nitrogens is 5. The number of nitrogen functional groups attached to an aromatic ring is 1. The van der Waals surface area contributed by atoms with Crippen LogP contribution >= 0.6 is 0 Å². The maximum atomic E-state index is 14.9. The Kier molecular flexibility index (Phi) is 7.90. The van der Waals surface area contributed by atoms with E-state index < -0.39 is 24.3 Å². The summed E-state index contributed by atoms with van der Waals surface area (Å²) >= 11 is 0. The second-order valence-electron chi connectivity index (χ2n) is 12.5. The second-order valence-corrected chi connectivity index (χ2v) is 12.5. The number of halogens is 3. The number of alkyl halides is 3. The molecule has 248 valence electrons. The average Bonchev–Trinajstić information content (AvgIpc) is 3.69. The molecule has 0 aliphatic carbocycles. The highest BCUT2D eigenvalue weighted by atomic mass is 19.4. The Morgan fingerprint density at radius 3 is 2.56 bits per heavy atom. The van der Waals surface area contributed by atoms with E-state index in [9.17, 15) is 23.1 Å². The molecule has 3 aromatic heterocycles. The number of nitrogens with zero attached hydrogens (tertiary/aromatic N) is 6. The van der Waals surface area contributed by atoms with E-state index >= 15 is 0 Å². The Hall–Kier alpha value is -5.24. The number of pyridine rings is 1. The number of fused-ring (bicyclic) bond motifs is 1. The third-order valence-corrected chi connectivity index (χ3v) is 9.27. The predicted molar refractivity (Wildman–Crippen MR) is 173 cm³/mol. The minimum atomic E-state index is -4.83. The molecule has 0 saturated carbocycles. The maximum Gasteiger partial charge on any atom is 0.429 e. The van der Waals surface area contributed by atoms with Gasteiger partial charge in [0.05, 0.1) is 16.9 Å². The smallest absolute Gasteiger partial charge is 0.429 e. The number of hydrogen-bond donors (Lipinski definition) is 3. The van der Waals surface area contributed by atoms with E-state index in [0.717, 1.165) is 16.5 Å². The van der Waals surface area contributed by atoms with Crippen molar-refractivity contribution < 1.29 is 27.8 Å². The number of carboxylic acid groups (broad SMARTS) is 1. The van der Waals surface area contributed by atoms with Crippen LogP contribution in [0.2, 0.25) is 0 Å². The summed E-state index contributed by atoms with van der Waals surface area (Å²) in [5.41, 5.74) is 8.82. The van der Waals surface area contributed by atoms with Crippen molar-refractivity contribution >= 4 is 28.6 Å². The molecule has 1 spiro atoms. The van der Waals surface area contributed by atoms with Gasteiger partial charge in [0.2, 0.25) is 17.9 Å². The van der Waals surface area contributed by atoms with Crippen molar-refractivity contribution in [3.8, 4) is 22.7 Å². The molecule has 0 bridgehead atoms. The fourth-order valence-corrected chi connectivity index (χ4v) is 6.71. The number of piperidine rings is 1. The van der Waals surface area contributed by atoms with E-state index in [2.05, 4.69) is 25.4 Å². The molecule has 11 nitrogen and oxygen atoms in total. The number of rotatable bonds is 7. The van der Waals surface area contributed by atoms with Crippen molar-refractivity contribution in [2.45, 2.75) is 44.5 Å². The molecule has 5 heterocycles. The van der Waals surface area contributed by atoms with Crippen molar-refractivity contribution in [1.82, 2.24) is 30.0 Å². The number of benzene rings is 2. The van der Waals surface area contributed by atoms with Crippen molar-refractivity contribution in [3.63, 3.8) is 0 Å². The van der Waals surface area contributed by atoms with Crippen LogP contribution in [0.15, 0.2) is 73.1 Å². The van der Waals surface area contributed by atoms with Crippen molar-refractivity contribution in [3.05, 3.63) is 84.3 Å². The van der Waals surface area contributed by atoms with E-state index in [4.69, 9.17) is 10.5 Å². The summed E-state index contributed by atoms with van der Waals surface area (Å²) in [6, 6.07) is 16.6. The van der Waals surface area contributed by atoms with Gasteiger partial charge in [0, 0.05) is 49.0 Å². The zero-order valence-electron chi connectivity index (χ0n) is 26.0. The van der Waals surface area contributed by atoms with Crippen molar-refractivity contribution in [1.29, 1.82) is 0 Å². The van der Waals surface area contributed by atoms with Gasteiger partial charge in [-0.3, -0.25) is 9.78 Å². The van der Waals surface area contributed by atoms with Crippen LogP contribution in [0.3, 0.4) is 0 Å². The van der Waals surface area contributed by atoms with Crippen LogP contribution in [-0.4, -0.2) is 67.7 Å². The summed E-state index contributed by atoms with van der Waals surface area (Å²) in [5, 5.41) is 17.8. The zero-order valence-corrected chi connectivity index (χ0v) is 26.0. The van der Waals surface area contributed by atoms with Crippen LogP contribution in [0.25, 0.3) is 27.7 Å². The fourth-order valence-electron chi connectivity index (χ4n) is 6.71. The minimum absolute atomic E-state index is 0.155. The van der Waals surface area contributed by atoms with E-state index in [1.165, 1.54) is 16.8 Å². The SMILES string of the molecule is Cc1ccn(-c2cc(-c3ccc4ncccc4c3)ccc2[C@@H](Oc2cc(N3CCC4(CC3)CN[C@H](C(=O)O)C4)nc(N)n2)C(F)(F)F)n1. The van der Waals surface area contributed by atoms with E-state index in [1.54, 1.807) is 37.5 Å². The molecule has 7 rings (SSSR count). The lowest BCUT2D eigenvalue weighted by atomic mass is 9.76. The molecule has 0 amide bonds. The molecule has 2 aromatic carbocycles.